The molecule has 5 aromatic rings. The minimum Gasteiger partial charge on any atom is -0.103 e. The molecule has 0 fully saturated rings. The van der Waals surface area contributed by atoms with E-state index < -0.39 is 7.26 Å². The molecule has 0 unspecified atom stereocenters. The third-order valence-electron chi connectivity index (χ3n) is 10.2. The van der Waals surface area contributed by atoms with Gasteiger partial charge >= 0.3 is 191 Å². The molecule has 3 heteroatoms. The molecule has 0 aliphatic carbocycles. The Hall–Kier alpha value is -4.39. The van der Waals surface area contributed by atoms with Gasteiger partial charge in [0.25, 0.3) is 0 Å². The summed E-state index contributed by atoms with van der Waals surface area (Å²) >= 11 is 0. The van der Waals surface area contributed by atoms with E-state index in [1.54, 1.807) is 6.07 Å². The van der Waals surface area contributed by atoms with Crippen LogP contribution in [-0.4, -0.2) is 17.9 Å². The fraction of sp³-hybridized carbons (Fsp3) is 0.292. The number of phenols is 1. The summed E-state index contributed by atoms with van der Waals surface area (Å²) in [5, 5.41) is 15.1. The van der Waals surface area contributed by atoms with Gasteiger partial charge in [-0.15, -0.1) is 13.2 Å². The Balaban J connectivity index is 1.01. The molecule has 266 valence electrons. The Morgan fingerprint density at radius 3 is 1.57 bits per heavy atom. The Morgan fingerprint density at radius 2 is 1.04 bits per heavy atom. The van der Waals surface area contributed by atoms with Crippen LogP contribution < -0.4 is 20.7 Å². The van der Waals surface area contributed by atoms with Crippen LogP contribution in [0.5, 0.6) is 11.5 Å². The first kappa shape index (κ1) is 37.9. The molecule has 0 bridgehead atoms. The van der Waals surface area contributed by atoms with Crippen LogP contribution in [0.3, 0.4) is 0 Å². The van der Waals surface area contributed by atoms with Gasteiger partial charge in [0.05, 0.1) is 0 Å². The normalized spacial score (nSPS) is 11.6. The average Bonchev–Trinajstić information content (AvgIpc) is 3.17. The summed E-state index contributed by atoms with van der Waals surface area (Å²) < 4.78 is 6.24. The number of allylic oxidation sites excluding steroid dienone is 2. The predicted molar refractivity (Wildman–Crippen MR) is 224 cm³/mol. The Kier molecular flexibility index (Phi) is 15.2. The van der Waals surface area contributed by atoms with Crippen LogP contribution >= 0.6 is 7.26 Å². The number of phenolic OH excluding ortho intramolecular Hbond substituents is 1. The third-order valence-corrected chi connectivity index (χ3v) is 15.2. The molecule has 0 saturated carbocycles. The first-order valence-electron chi connectivity index (χ1n) is 19.1. The third kappa shape index (κ3) is 10.6. The predicted octanol–water partition coefficient (Wildman–Crippen LogP) is 11.5. The van der Waals surface area contributed by atoms with E-state index >= 15 is 0 Å². The van der Waals surface area contributed by atoms with Crippen LogP contribution in [0.4, 0.5) is 0 Å². The van der Waals surface area contributed by atoms with Gasteiger partial charge in [-0.3, -0.25) is 0 Å². The van der Waals surface area contributed by atoms with Gasteiger partial charge in [0, 0.05) is 5.56 Å². The molecule has 0 heterocycles. The van der Waals surface area contributed by atoms with Crippen LogP contribution in [0.2, 0.25) is 0 Å². The maximum Gasteiger partial charge on any atom is -0.00152 e. The van der Waals surface area contributed by atoms with Crippen molar-refractivity contribution in [3.63, 3.8) is 0 Å². The zero-order chi connectivity index (χ0) is 35.6. The molecule has 0 saturated heterocycles. The van der Waals surface area contributed by atoms with Crippen molar-refractivity contribution in [3.8, 4) is 22.6 Å². The molecule has 0 aliphatic heterocycles. The fourth-order valence-electron chi connectivity index (χ4n) is 7.50. The summed E-state index contributed by atoms with van der Waals surface area (Å²) in [6.45, 7) is 8.52. The van der Waals surface area contributed by atoms with Gasteiger partial charge in [-0.05, 0) is 53.8 Å². The van der Waals surface area contributed by atoms with Gasteiger partial charge in [0.2, 0.25) is 0 Å². The second kappa shape index (κ2) is 20.5. The number of rotatable bonds is 22. The number of hydrogen-bond acceptors (Lipinski definition) is 2. The van der Waals surface area contributed by atoms with Gasteiger partial charge in [-0.2, -0.15) is 0 Å². The molecule has 0 aromatic heterocycles. The van der Waals surface area contributed by atoms with Crippen LogP contribution in [-0.2, 0) is 12.8 Å². The Bertz CT molecular complexity index is 1670. The molecule has 5 rings (SSSR count). The van der Waals surface area contributed by atoms with Gasteiger partial charge in [-0.1, -0.05) is 24.3 Å². The molecule has 5 aromatic carbocycles. The first-order chi connectivity index (χ1) is 25.2. The Morgan fingerprint density at radius 1 is 0.529 bits per heavy atom. The smallest absolute Gasteiger partial charge is 0.00152 e. The van der Waals surface area contributed by atoms with E-state index in [1.807, 2.05) is 36.4 Å². The number of benzene rings is 5. The van der Waals surface area contributed by atoms with Gasteiger partial charge in [-0.25, -0.2) is 0 Å². The van der Waals surface area contributed by atoms with Crippen molar-refractivity contribution < 1.29 is 9.84 Å². The molecule has 0 aliphatic rings. The van der Waals surface area contributed by atoms with Crippen molar-refractivity contribution in [2.45, 2.75) is 77.0 Å². The number of aromatic hydroxyl groups is 1. The molecule has 0 amide bonds. The monoisotopic (exact) mass is 696 g/mol. The summed E-state index contributed by atoms with van der Waals surface area (Å²) in [5.41, 5.74) is 4.06. The molecule has 2 nitrogen and oxygen atoms in total. The minimum absolute atomic E-state index is 0.287. The maximum atomic E-state index is 10.5. The Labute approximate surface area is 308 Å². The summed E-state index contributed by atoms with van der Waals surface area (Å²) in [6.07, 6.45) is 19.3. The standard InChI is InChI=1S/C48H57O2P/c1-3-24-40-32-34-47(49)46(38-40)41-33-35-48(42(39-41)25-4-2)50-36-22-11-9-7-5-6-8-10-12-23-37-51(43-26-16-13-17-27-43,44-28-18-14-19-29-44)45-30-20-15-21-31-45/h3-4,13-21,26-35,38-39,49,51H,1-2,5-12,22-25,36-37H2. The van der Waals surface area contributed by atoms with Crippen molar-refractivity contribution in [1.82, 2.24) is 0 Å². The SMILES string of the molecule is C=CCc1ccc(O)c(-c2ccc(OCCCCCCCCCCCC[PH](c3ccccc3)(c3ccccc3)c3ccccc3)c(CC=C)c2)c1. The van der Waals surface area contributed by atoms with E-state index in [0.29, 0.717) is 0 Å². The van der Waals surface area contributed by atoms with Crippen molar-refractivity contribution in [3.05, 3.63) is 164 Å². The van der Waals surface area contributed by atoms with E-state index in [1.165, 1.54) is 79.9 Å². The quantitative estimate of drug-likeness (QED) is 0.0443. The average molecular weight is 697 g/mol. The fourth-order valence-corrected chi connectivity index (χ4v) is 12.4. The molecule has 0 atom stereocenters. The van der Waals surface area contributed by atoms with E-state index in [2.05, 4.69) is 110 Å². The second-order valence-corrected chi connectivity index (χ2v) is 17.8. The van der Waals surface area contributed by atoms with Gasteiger partial charge < -0.3 is 9.84 Å². The van der Waals surface area contributed by atoms with Crippen LogP contribution in [0, 0.1) is 0 Å². The van der Waals surface area contributed by atoms with Crippen molar-refractivity contribution in [2.24, 2.45) is 0 Å². The van der Waals surface area contributed by atoms with Crippen LogP contribution in [0.1, 0.15) is 75.3 Å². The zero-order valence-electron chi connectivity index (χ0n) is 30.4. The second-order valence-electron chi connectivity index (χ2n) is 13.8. The summed E-state index contributed by atoms with van der Waals surface area (Å²) in [7, 11) is -2.10. The summed E-state index contributed by atoms with van der Waals surface area (Å²) in [4.78, 5) is 0. The largest absolute Gasteiger partial charge is 0.103 e. The summed E-state index contributed by atoms with van der Waals surface area (Å²) in [5.74, 6) is 1.20. The van der Waals surface area contributed by atoms with Gasteiger partial charge in [0.1, 0.15) is 11.5 Å². The van der Waals surface area contributed by atoms with Crippen molar-refractivity contribution in [2.75, 3.05) is 12.8 Å². The number of unbranched alkanes of at least 4 members (excludes halogenated alkanes) is 9. The van der Waals surface area contributed by atoms with E-state index in [9.17, 15) is 5.11 Å². The minimum atomic E-state index is -2.10. The molecule has 1 N–H and O–H groups in total. The van der Waals surface area contributed by atoms with E-state index in [4.69, 9.17) is 4.74 Å². The zero-order valence-corrected chi connectivity index (χ0v) is 31.4. The molecule has 0 spiro atoms. The van der Waals surface area contributed by atoms with Crippen molar-refractivity contribution >= 4 is 23.2 Å². The molecule has 0 radical (unpaired) electrons. The number of hydrogen-bond donors (Lipinski definition) is 1. The molecule has 51 heavy (non-hydrogen) atoms. The van der Waals surface area contributed by atoms with E-state index in [0.717, 1.165) is 53.9 Å². The topological polar surface area (TPSA) is 29.5 Å². The van der Waals surface area contributed by atoms with Crippen molar-refractivity contribution in [1.29, 1.82) is 0 Å². The van der Waals surface area contributed by atoms with Crippen LogP contribution in [0.15, 0.2) is 153 Å². The molecular formula is C48H57O2P. The maximum absolute atomic E-state index is 10.5. The number of ether oxygens (including phenoxy) is 1. The van der Waals surface area contributed by atoms with E-state index in [-0.39, 0.29) is 5.75 Å². The van der Waals surface area contributed by atoms with Gasteiger partial charge in [0.15, 0.2) is 0 Å². The first-order valence-corrected chi connectivity index (χ1v) is 21.3. The summed E-state index contributed by atoms with van der Waals surface area (Å²) in [6, 6.07) is 45.9. The molecular weight excluding hydrogens is 640 g/mol. The van der Waals surface area contributed by atoms with Crippen LogP contribution in [0.25, 0.3) is 11.1 Å².